The van der Waals surface area contributed by atoms with Gasteiger partial charge in [0.15, 0.2) is 12.4 Å². The van der Waals surface area contributed by atoms with Gasteiger partial charge in [-0.05, 0) is 51.4 Å². The molecule has 0 aromatic carbocycles. The fourth-order valence-electron chi connectivity index (χ4n) is 8.01. The van der Waals surface area contributed by atoms with Crippen molar-refractivity contribution in [3.05, 3.63) is 36.5 Å². The highest BCUT2D eigenvalue weighted by atomic mass is 16.7. The zero-order valence-electron chi connectivity index (χ0n) is 44.5. The van der Waals surface area contributed by atoms with Gasteiger partial charge in [0.2, 0.25) is 0 Å². The van der Waals surface area contributed by atoms with Crippen LogP contribution < -0.4 is 5.11 Å². The summed E-state index contributed by atoms with van der Waals surface area (Å²) in [5, 5.41) is 11.7. The summed E-state index contributed by atoms with van der Waals surface area (Å²) in [5.41, 5.74) is 0. The fraction of sp³-hybridized carbons (Fsp3) is 0.845. The lowest BCUT2D eigenvalue weighted by Crippen LogP contribution is -2.44. The number of carboxylic acids is 1. The van der Waals surface area contributed by atoms with Crippen LogP contribution in [0.5, 0.6) is 0 Å². The van der Waals surface area contributed by atoms with Gasteiger partial charge in [-0.25, -0.2) is 0 Å². The van der Waals surface area contributed by atoms with E-state index in [4.69, 9.17) is 18.9 Å². The van der Waals surface area contributed by atoms with E-state index in [-0.39, 0.29) is 32.2 Å². The maximum atomic E-state index is 12.8. The summed E-state index contributed by atoms with van der Waals surface area (Å²) >= 11 is 0. The average molecular weight is 946 g/mol. The topological polar surface area (TPSA) is 111 Å². The van der Waals surface area contributed by atoms with E-state index in [9.17, 15) is 19.5 Å². The van der Waals surface area contributed by atoms with Crippen LogP contribution in [0.1, 0.15) is 258 Å². The van der Waals surface area contributed by atoms with Crippen molar-refractivity contribution in [3.8, 4) is 0 Å². The monoisotopic (exact) mass is 946 g/mol. The van der Waals surface area contributed by atoms with Gasteiger partial charge in [0, 0.05) is 12.8 Å². The quantitative estimate of drug-likeness (QED) is 0.0195. The number of rotatable bonds is 52. The molecule has 0 bridgehead atoms. The molecule has 0 heterocycles. The molecule has 0 amide bonds. The molecule has 0 aliphatic heterocycles. The fourth-order valence-corrected chi connectivity index (χ4v) is 8.01. The second-order valence-electron chi connectivity index (χ2n) is 20.2. The zero-order valence-corrected chi connectivity index (χ0v) is 44.5. The van der Waals surface area contributed by atoms with E-state index in [0.717, 1.165) is 44.9 Å². The average Bonchev–Trinajstić information content (AvgIpc) is 3.29. The van der Waals surface area contributed by atoms with Crippen molar-refractivity contribution in [2.24, 2.45) is 0 Å². The van der Waals surface area contributed by atoms with Crippen molar-refractivity contribution in [2.45, 2.75) is 270 Å². The molecule has 0 spiro atoms. The Hall–Kier alpha value is -2.49. The number of hydrogen-bond donors (Lipinski definition) is 0. The first-order valence-electron chi connectivity index (χ1n) is 28.1. The number of ether oxygens (including phenoxy) is 4. The molecule has 2 unspecified atom stereocenters. The number of carboxylic acid groups (broad SMARTS) is 1. The normalized spacial score (nSPS) is 13.0. The zero-order chi connectivity index (χ0) is 49.2. The Labute approximate surface area is 413 Å². The smallest absolute Gasteiger partial charge is 0.306 e. The van der Waals surface area contributed by atoms with Crippen molar-refractivity contribution in [3.63, 3.8) is 0 Å². The molecule has 9 nitrogen and oxygen atoms in total. The Morgan fingerprint density at radius 1 is 0.448 bits per heavy atom. The van der Waals surface area contributed by atoms with Crippen molar-refractivity contribution in [1.82, 2.24) is 0 Å². The highest BCUT2D eigenvalue weighted by molar-refractivity contribution is 5.70. The number of likely N-dealkylation sites (N-methyl/N-ethyl adjacent to an activating group) is 1. The first-order chi connectivity index (χ1) is 32.6. The summed E-state index contributed by atoms with van der Waals surface area (Å²) in [7, 11) is 5.92. The maximum Gasteiger partial charge on any atom is 0.306 e. The van der Waals surface area contributed by atoms with Gasteiger partial charge in [-0.2, -0.15) is 0 Å². The number of nitrogens with zero attached hydrogens (tertiary/aromatic N) is 1. The molecule has 0 aliphatic carbocycles. The van der Waals surface area contributed by atoms with Crippen LogP contribution in [0.15, 0.2) is 36.5 Å². The molecule has 0 aromatic heterocycles. The molecular formula is C58H107NO8. The van der Waals surface area contributed by atoms with Crippen LogP contribution >= 0.6 is 0 Å². The Morgan fingerprint density at radius 3 is 1.19 bits per heavy atom. The van der Waals surface area contributed by atoms with Gasteiger partial charge in [0.05, 0.1) is 40.3 Å². The standard InChI is InChI=1S/C58H107NO8/c1-6-8-10-12-14-16-18-19-20-21-22-23-24-25-26-27-28-29-30-31-32-33-34-35-36-37-39-41-43-45-47-49-56(61)67-54(53-66-58(57(62)63)64-51-50-59(3,4)5)52-65-55(60)48-46-44-42-40-38-17-15-13-11-9-7-2/h18-19,21-22,24-25,54,58H,6-17,20,23,26-53H2,1-5H3/b19-18-,22-21-,25-24-. The number of hydrogen-bond acceptors (Lipinski definition) is 8. The van der Waals surface area contributed by atoms with E-state index in [1.807, 2.05) is 21.1 Å². The Morgan fingerprint density at radius 2 is 0.806 bits per heavy atom. The summed E-state index contributed by atoms with van der Waals surface area (Å²) in [5.74, 6) is -2.27. The van der Waals surface area contributed by atoms with E-state index in [1.54, 1.807) is 0 Å². The molecule has 0 fully saturated rings. The number of quaternary nitrogens is 1. The van der Waals surface area contributed by atoms with Gasteiger partial charge in [0.25, 0.3) is 0 Å². The highest BCUT2D eigenvalue weighted by Gasteiger charge is 2.22. The number of unbranched alkanes of at least 4 members (excludes halogenated alkanes) is 31. The van der Waals surface area contributed by atoms with Crippen LogP contribution in [0.3, 0.4) is 0 Å². The molecule has 9 heteroatoms. The van der Waals surface area contributed by atoms with Gasteiger partial charge >= 0.3 is 11.9 Å². The molecule has 67 heavy (non-hydrogen) atoms. The molecule has 0 radical (unpaired) electrons. The largest absolute Gasteiger partial charge is 0.545 e. The molecule has 0 rings (SSSR count). The SMILES string of the molecule is CCCCCCC/C=C\C/C=C\C/C=C\CCCCCCCCCCCCCCCCCCC(=O)OC(COC(=O)CCCCCCCCCCCCC)COC(OCC[N+](C)(C)C)C(=O)[O-]. The van der Waals surface area contributed by atoms with Crippen LogP contribution in [0.25, 0.3) is 0 Å². The summed E-state index contributed by atoms with van der Waals surface area (Å²) in [6, 6.07) is 0. The van der Waals surface area contributed by atoms with Crippen LogP contribution in [0.4, 0.5) is 0 Å². The maximum absolute atomic E-state index is 12.8. The lowest BCUT2D eigenvalue weighted by Gasteiger charge is -2.26. The van der Waals surface area contributed by atoms with Crippen molar-refractivity contribution >= 4 is 17.9 Å². The van der Waals surface area contributed by atoms with Crippen LogP contribution in [0, 0.1) is 0 Å². The number of esters is 2. The minimum absolute atomic E-state index is 0.150. The predicted octanol–water partition coefficient (Wildman–Crippen LogP) is 14.8. The van der Waals surface area contributed by atoms with E-state index in [2.05, 4.69) is 50.3 Å². The molecule has 0 N–H and O–H groups in total. The minimum Gasteiger partial charge on any atom is -0.545 e. The van der Waals surface area contributed by atoms with Gasteiger partial charge in [0.1, 0.15) is 13.2 Å². The summed E-state index contributed by atoms with van der Waals surface area (Å²) in [6.45, 7) is 4.75. The molecule has 0 aromatic rings. The second kappa shape index (κ2) is 49.9. The third-order valence-corrected chi connectivity index (χ3v) is 12.4. The van der Waals surface area contributed by atoms with E-state index in [1.165, 1.54) is 180 Å². The number of carbonyl (C=O) groups is 3. The molecule has 0 saturated carbocycles. The number of aliphatic carboxylic acids is 1. The number of allylic oxidation sites excluding steroid dienone is 6. The third-order valence-electron chi connectivity index (χ3n) is 12.4. The van der Waals surface area contributed by atoms with Crippen molar-refractivity contribution < 1.29 is 42.9 Å². The van der Waals surface area contributed by atoms with Gasteiger partial charge in [-0.1, -0.05) is 230 Å². The first-order valence-corrected chi connectivity index (χ1v) is 28.1. The second-order valence-corrected chi connectivity index (χ2v) is 20.2. The third kappa shape index (κ3) is 51.2. The Balaban J connectivity index is 4.09. The molecule has 392 valence electrons. The highest BCUT2D eigenvalue weighted by Crippen LogP contribution is 2.16. The summed E-state index contributed by atoms with van der Waals surface area (Å²) < 4.78 is 22.6. The Kier molecular flexibility index (Phi) is 48.1. The molecule has 2 atom stereocenters. The van der Waals surface area contributed by atoms with Gasteiger partial charge in [-0.3, -0.25) is 9.59 Å². The van der Waals surface area contributed by atoms with Gasteiger partial charge in [-0.15, -0.1) is 0 Å². The predicted molar refractivity (Wildman–Crippen MR) is 279 cm³/mol. The number of carbonyl (C=O) groups excluding carboxylic acids is 3. The minimum atomic E-state index is -1.62. The summed E-state index contributed by atoms with van der Waals surface area (Å²) in [4.78, 5) is 37.1. The lowest BCUT2D eigenvalue weighted by atomic mass is 10.0. The van der Waals surface area contributed by atoms with Gasteiger partial charge < -0.3 is 33.3 Å². The lowest BCUT2D eigenvalue weighted by molar-refractivity contribution is -0.870. The summed E-state index contributed by atoms with van der Waals surface area (Å²) in [6.07, 6.45) is 56.3. The van der Waals surface area contributed by atoms with Crippen LogP contribution in [-0.2, 0) is 33.3 Å². The van der Waals surface area contributed by atoms with Crippen molar-refractivity contribution in [1.29, 1.82) is 0 Å². The first kappa shape index (κ1) is 64.5. The van der Waals surface area contributed by atoms with Crippen LogP contribution in [0.2, 0.25) is 0 Å². The Bertz CT molecular complexity index is 1190. The van der Waals surface area contributed by atoms with Crippen LogP contribution in [-0.4, -0.2) is 82.3 Å². The van der Waals surface area contributed by atoms with E-state index < -0.39 is 24.3 Å². The molecule has 0 aliphatic rings. The molecule has 0 saturated heterocycles. The molecular weight excluding hydrogens is 839 g/mol. The van der Waals surface area contributed by atoms with E-state index >= 15 is 0 Å². The van der Waals surface area contributed by atoms with Crippen molar-refractivity contribution in [2.75, 3.05) is 47.5 Å². The van der Waals surface area contributed by atoms with E-state index in [0.29, 0.717) is 23.9 Å².